The van der Waals surface area contributed by atoms with Gasteiger partial charge in [-0.3, -0.25) is 0 Å². The number of rotatable bonds is 1. The summed E-state index contributed by atoms with van der Waals surface area (Å²) in [4.78, 5) is 16.6. The van der Waals surface area contributed by atoms with Gasteiger partial charge in [-0.15, -0.1) is 0 Å². The summed E-state index contributed by atoms with van der Waals surface area (Å²) in [6, 6.07) is 6.68. The standard InChI is InChI=1S/C18H26N2O3/c1-12-9-19(17(22)23-18(2,3)4)10-15-8-14-6-5-13(11-21)7-16(14)20(12)15/h5-7,12,15,21H,8-11H2,1-4H3. The van der Waals surface area contributed by atoms with Gasteiger partial charge in [0.2, 0.25) is 0 Å². The quantitative estimate of drug-likeness (QED) is 0.864. The van der Waals surface area contributed by atoms with Crippen LogP contribution in [0.4, 0.5) is 10.5 Å². The van der Waals surface area contributed by atoms with Gasteiger partial charge in [-0.1, -0.05) is 12.1 Å². The van der Waals surface area contributed by atoms with Gasteiger partial charge in [0.05, 0.1) is 12.6 Å². The maximum absolute atomic E-state index is 12.4. The third-order valence-corrected chi connectivity index (χ3v) is 4.50. The largest absolute Gasteiger partial charge is 0.444 e. The molecule has 1 aromatic rings. The summed E-state index contributed by atoms with van der Waals surface area (Å²) in [7, 11) is 0. The van der Waals surface area contributed by atoms with Crippen LogP contribution in [0.1, 0.15) is 38.8 Å². The van der Waals surface area contributed by atoms with Crippen LogP contribution >= 0.6 is 0 Å². The zero-order chi connectivity index (χ0) is 16.8. The summed E-state index contributed by atoms with van der Waals surface area (Å²) in [5.74, 6) is 0. The van der Waals surface area contributed by atoms with E-state index in [1.165, 1.54) is 11.3 Å². The summed E-state index contributed by atoms with van der Waals surface area (Å²) in [5, 5.41) is 9.37. The summed E-state index contributed by atoms with van der Waals surface area (Å²) < 4.78 is 5.52. The molecule has 1 saturated heterocycles. The highest BCUT2D eigenvalue weighted by molar-refractivity contribution is 5.70. The molecule has 1 fully saturated rings. The molecule has 3 rings (SSSR count). The van der Waals surface area contributed by atoms with E-state index in [0.717, 1.165) is 12.0 Å². The number of carbonyl (C=O) groups excluding carboxylic acids is 1. The minimum absolute atomic E-state index is 0.0597. The van der Waals surface area contributed by atoms with Crippen LogP contribution in [0.3, 0.4) is 0 Å². The van der Waals surface area contributed by atoms with Gasteiger partial charge in [0.1, 0.15) is 5.60 Å². The smallest absolute Gasteiger partial charge is 0.410 e. The van der Waals surface area contributed by atoms with Crippen molar-refractivity contribution in [3.05, 3.63) is 29.3 Å². The van der Waals surface area contributed by atoms with Crippen LogP contribution in [0.2, 0.25) is 0 Å². The Morgan fingerprint density at radius 1 is 1.35 bits per heavy atom. The average Bonchev–Trinajstić information content (AvgIpc) is 2.83. The van der Waals surface area contributed by atoms with Crippen LogP contribution in [-0.4, -0.2) is 46.9 Å². The van der Waals surface area contributed by atoms with Crippen molar-refractivity contribution in [2.75, 3.05) is 18.0 Å². The highest BCUT2D eigenvalue weighted by Crippen LogP contribution is 2.37. The third kappa shape index (κ3) is 3.15. The second-order valence-electron chi connectivity index (χ2n) is 7.62. The first-order valence-corrected chi connectivity index (χ1v) is 8.27. The van der Waals surface area contributed by atoms with Gasteiger partial charge in [0.15, 0.2) is 0 Å². The van der Waals surface area contributed by atoms with E-state index < -0.39 is 5.60 Å². The fraction of sp³-hybridized carbons (Fsp3) is 0.611. The minimum Gasteiger partial charge on any atom is -0.444 e. The molecule has 2 atom stereocenters. The Morgan fingerprint density at radius 3 is 2.74 bits per heavy atom. The first-order valence-electron chi connectivity index (χ1n) is 8.27. The van der Waals surface area contributed by atoms with Gasteiger partial charge in [-0.2, -0.15) is 0 Å². The zero-order valence-electron chi connectivity index (χ0n) is 14.4. The van der Waals surface area contributed by atoms with Crippen molar-refractivity contribution >= 4 is 11.8 Å². The van der Waals surface area contributed by atoms with Crippen LogP contribution in [0, 0.1) is 0 Å². The van der Waals surface area contributed by atoms with E-state index in [1.807, 2.05) is 31.7 Å². The van der Waals surface area contributed by atoms with E-state index in [1.54, 1.807) is 0 Å². The van der Waals surface area contributed by atoms with Crippen molar-refractivity contribution < 1.29 is 14.6 Å². The Hall–Kier alpha value is -1.75. The van der Waals surface area contributed by atoms with Crippen molar-refractivity contribution in [3.63, 3.8) is 0 Å². The Bertz CT molecular complexity index is 609. The van der Waals surface area contributed by atoms with Crippen LogP contribution in [0.15, 0.2) is 18.2 Å². The van der Waals surface area contributed by atoms with E-state index in [0.29, 0.717) is 13.1 Å². The number of anilines is 1. The highest BCUT2D eigenvalue weighted by atomic mass is 16.6. The number of carbonyl (C=O) groups is 1. The van der Waals surface area contributed by atoms with Crippen molar-refractivity contribution in [2.24, 2.45) is 0 Å². The molecule has 0 radical (unpaired) electrons. The topological polar surface area (TPSA) is 53.0 Å². The minimum atomic E-state index is -0.466. The molecule has 1 aromatic carbocycles. The van der Waals surface area contributed by atoms with Crippen LogP contribution in [-0.2, 0) is 17.8 Å². The molecule has 5 nitrogen and oxygen atoms in total. The lowest BCUT2D eigenvalue weighted by Gasteiger charge is -2.44. The molecule has 1 N–H and O–H groups in total. The molecular weight excluding hydrogens is 292 g/mol. The van der Waals surface area contributed by atoms with Gasteiger partial charge in [-0.25, -0.2) is 4.79 Å². The lowest BCUT2D eigenvalue weighted by molar-refractivity contribution is 0.0192. The summed E-state index contributed by atoms with van der Waals surface area (Å²) in [6.07, 6.45) is 0.709. The van der Waals surface area contributed by atoms with Crippen molar-refractivity contribution in [1.82, 2.24) is 4.90 Å². The first-order chi connectivity index (χ1) is 10.8. The molecule has 5 heteroatoms. The molecule has 1 amide bonds. The number of ether oxygens (including phenoxy) is 1. The van der Waals surface area contributed by atoms with Crippen LogP contribution in [0.5, 0.6) is 0 Å². The molecule has 0 aromatic heterocycles. The number of aliphatic hydroxyl groups excluding tert-OH is 1. The molecule has 2 aliphatic rings. The fourth-order valence-corrected chi connectivity index (χ4v) is 3.63. The predicted molar refractivity (Wildman–Crippen MR) is 89.6 cm³/mol. The molecule has 2 heterocycles. The van der Waals surface area contributed by atoms with E-state index in [4.69, 9.17) is 4.74 Å². The van der Waals surface area contributed by atoms with E-state index in [9.17, 15) is 9.90 Å². The summed E-state index contributed by atoms with van der Waals surface area (Å²) in [5.41, 5.74) is 2.97. The molecule has 0 spiro atoms. The Morgan fingerprint density at radius 2 is 2.09 bits per heavy atom. The monoisotopic (exact) mass is 318 g/mol. The lowest BCUT2D eigenvalue weighted by atomic mass is 10.1. The molecular formula is C18H26N2O3. The molecule has 126 valence electrons. The number of hydrogen-bond acceptors (Lipinski definition) is 4. The summed E-state index contributed by atoms with van der Waals surface area (Å²) in [6.45, 7) is 9.23. The maximum atomic E-state index is 12.4. The number of amides is 1. The molecule has 0 saturated carbocycles. The number of aliphatic hydroxyl groups is 1. The van der Waals surface area contributed by atoms with Gasteiger partial charge >= 0.3 is 6.09 Å². The second kappa shape index (κ2) is 5.71. The SMILES string of the molecule is CC1CN(C(=O)OC(C)(C)C)CC2Cc3ccc(CO)cc3N12. The third-order valence-electron chi connectivity index (χ3n) is 4.50. The van der Waals surface area contributed by atoms with Gasteiger partial charge < -0.3 is 19.6 Å². The number of benzene rings is 1. The Balaban J connectivity index is 1.78. The number of piperazine rings is 1. The van der Waals surface area contributed by atoms with Crippen molar-refractivity contribution in [2.45, 2.75) is 58.4 Å². The number of fused-ring (bicyclic) bond motifs is 3. The van der Waals surface area contributed by atoms with Crippen molar-refractivity contribution in [1.29, 1.82) is 0 Å². The molecule has 0 bridgehead atoms. The zero-order valence-corrected chi connectivity index (χ0v) is 14.4. The number of nitrogens with zero attached hydrogens (tertiary/aromatic N) is 2. The van der Waals surface area contributed by atoms with Crippen molar-refractivity contribution in [3.8, 4) is 0 Å². The van der Waals surface area contributed by atoms with E-state index >= 15 is 0 Å². The Kier molecular flexibility index (Phi) is 4.00. The van der Waals surface area contributed by atoms with Crippen LogP contribution < -0.4 is 4.90 Å². The fourth-order valence-electron chi connectivity index (χ4n) is 3.63. The van der Waals surface area contributed by atoms with Gasteiger partial charge in [0.25, 0.3) is 0 Å². The number of hydrogen-bond donors (Lipinski definition) is 1. The molecule has 2 aliphatic heterocycles. The van der Waals surface area contributed by atoms with E-state index in [-0.39, 0.29) is 24.8 Å². The normalized spacial score (nSPS) is 23.5. The molecule has 23 heavy (non-hydrogen) atoms. The van der Waals surface area contributed by atoms with Gasteiger partial charge in [0, 0.05) is 24.8 Å². The van der Waals surface area contributed by atoms with Gasteiger partial charge in [-0.05, 0) is 51.3 Å². The molecule has 0 aliphatic carbocycles. The Labute approximate surface area is 137 Å². The summed E-state index contributed by atoms with van der Waals surface area (Å²) >= 11 is 0. The van der Waals surface area contributed by atoms with E-state index in [2.05, 4.69) is 24.0 Å². The second-order valence-corrected chi connectivity index (χ2v) is 7.62. The maximum Gasteiger partial charge on any atom is 0.410 e. The predicted octanol–water partition coefficient (Wildman–Crippen LogP) is 2.55. The van der Waals surface area contributed by atoms with Crippen LogP contribution in [0.25, 0.3) is 0 Å². The first kappa shape index (κ1) is 16.1. The molecule has 2 unspecified atom stereocenters. The highest BCUT2D eigenvalue weighted by Gasteiger charge is 2.40. The average molecular weight is 318 g/mol. The lowest BCUT2D eigenvalue weighted by Crippen LogP contribution is -2.58.